The van der Waals surface area contributed by atoms with Gasteiger partial charge in [-0.2, -0.15) is 0 Å². The smallest absolute Gasteiger partial charge is 0.283 e. The SMILES string of the molecule is CC/C=C\CCC#C/C=C\C#C[C@@H](O)C/C=C\C/C=C\CCC12OCC(C)(CO1)CO2. The van der Waals surface area contributed by atoms with Gasteiger partial charge in [-0.3, -0.25) is 0 Å². The van der Waals surface area contributed by atoms with Gasteiger partial charge in [0.15, 0.2) is 0 Å². The lowest BCUT2D eigenvalue weighted by Crippen LogP contribution is -2.58. The summed E-state index contributed by atoms with van der Waals surface area (Å²) in [4.78, 5) is 0. The Morgan fingerprint density at radius 2 is 1.58 bits per heavy atom. The van der Waals surface area contributed by atoms with Crippen molar-refractivity contribution in [1.29, 1.82) is 0 Å². The van der Waals surface area contributed by atoms with Crippen LogP contribution in [-0.4, -0.2) is 37.0 Å². The quantitative estimate of drug-likeness (QED) is 0.302. The van der Waals surface area contributed by atoms with Crippen LogP contribution in [0.1, 0.15) is 58.8 Å². The predicted molar refractivity (Wildman–Crippen MR) is 125 cm³/mol. The van der Waals surface area contributed by atoms with E-state index in [0.717, 1.165) is 32.1 Å². The van der Waals surface area contributed by atoms with Gasteiger partial charge in [0.25, 0.3) is 5.97 Å². The molecule has 0 aromatic heterocycles. The van der Waals surface area contributed by atoms with E-state index in [2.05, 4.69) is 61.8 Å². The third kappa shape index (κ3) is 10.2. The van der Waals surface area contributed by atoms with Crippen LogP contribution < -0.4 is 0 Å². The Balaban J connectivity index is 1.53. The molecule has 3 heterocycles. The van der Waals surface area contributed by atoms with E-state index < -0.39 is 12.1 Å². The molecule has 168 valence electrons. The maximum atomic E-state index is 9.87. The van der Waals surface area contributed by atoms with Crippen molar-refractivity contribution < 1.29 is 19.3 Å². The van der Waals surface area contributed by atoms with E-state index in [4.69, 9.17) is 14.2 Å². The third-order valence-corrected chi connectivity index (χ3v) is 4.94. The van der Waals surface area contributed by atoms with Crippen molar-refractivity contribution in [3.05, 3.63) is 48.6 Å². The van der Waals surface area contributed by atoms with E-state index in [1.54, 1.807) is 12.2 Å². The molecule has 3 fully saturated rings. The minimum Gasteiger partial charge on any atom is -0.380 e. The maximum Gasteiger partial charge on any atom is 0.283 e. The number of hydrogen-bond donors (Lipinski definition) is 1. The van der Waals surface area contributed by atoms with Gasteiger partial charge in [-0.1, -0.05) is 74.0 Å². The largest absolute Gasteiger partial charge is 0.380 e. The molecule has 0 unspecified atom stereocenters. The highest BCUT2D eigenvalue weighted by Gasteiger charge is 2.49. The first-order valence-electron chi connectivity index (χ1n) is 11.3. The van der Waals surface area contributed by atoms with Gasteiger partial charge >= 0.3 is 0 Å². The Labute approximate surface area is 188 Å². The minimum absolute atomic E-state index is 0.00721. The number of rotatable bonds is 10. The Morgan fingerprint density at radius 1 is 0.903 bits per heavy atom. The molecular formula is C27H36O4. The van der Waals surface area contributed by atoms with E-state index >= 15 is 0 Å². The molecule has 0 spiro atoms. The summed E-state index contributed by atoms with van der Waals surface area (Å²) in [7, 11) is 0. The van der Waals surface area contributed by atoms with Crippen molar-refractivity contribution >= 4 is 0 Å². The summed E-state index contributed by atoms with van der Waals surface area (Å²) in [6.45, 7) is 6.33. The molecule has 3 rings (SSSR count). The summed E-state index contributed by atoms with van der Waals surface area (Å²) >= 11 is 0. The number of hydrogen-bond acceptors (Lipinski definition) is 4. The molecule has 2 bridgehead atoms. The predicted octanol–water partition coefficient (Wildman–Crippen LogP) is 5.07. The number of allylic oxidation sites excluding steroid dienone is 7. The molecule has 3 aliphatic rings. The third-order valence-electron chi connectivity index (χ3n) is 4.94. The van der Waals surface area contributed by atoms with Crippen LogP contribution in [-0.2, 0) is 14.2 Å². The summed E-state index contributed by atoms with van der Waals surface area (Å²) in [5.41, 5.74) is 0.00721. The first kappa shape index (κ1) is 25.2. The van der Waals surface area contributed by atoms with Crippen LogP contribution in [0.3, 0.4) is 0 Å². The summed E-state index contributed by atoms with van der Waals surface area (Å²) in [5, 5.41) is 9.87. The van der Waals surface area contributed by atoms with Crippen LogP contribution in [0, 0.1) is 29.1 Å². The molecule has 0 amide bonds. The van der Waals surface area contributed by atoms with Gasteiger partial charge in [0.05, 0.1) is 19.8 Å². The molecule has 3 saturated heterocycles. The molecule has 1 N–H and O–H groups in total. The summed E-state index contributed by atoms with van der Waals surface area (Å²) in [6, 6.07) is 0. The highest BCUT2D eigenvalue weighted by Crippen LogP contribution is 2.40. The van der Waals surface area contributed by atoms with Gasteiger partial charge in [-0.15, -0.1) is 0 Å². The Hall–Kier alpha value is -2.08. The number of unbranched alkanes of at least 4 members (excludes halogenated alkanes) is 1. The fourth-order valence-corrected chi connectivity index (χ4v) is 3.05. The molecule has 0 radical (unpaired) electrons. The summed E-state index contributed by atoms with van der Waals surface area (Å²) in [6.07, 6.45) is 21.0. The second kappa shape index (κ2) is 14.1. The fourth-order valence-electron chi connectivity index (χ4n) is 3.05. The Bertz CT molecular complexity index is 742. The highest BCUT2D eigenvalue weighted by atomic mass is 16.9. The molecule has 0 aromatic carbocycles. The second-order valence-corrected chi connectivity index (χ2v) is 8.19. The summed E-state index contributed by atoms with van der Waals surface area (Å²) < 4.78 is 17.3. The summed E-state index contributed by atoms with van der Waals surface area (Å²) in [5.74, 6) is 10.8. The van der Waals surface area contributed by atoms with Crippen molar-refractivity contribution in [2.24, 2.45) is 5.41 Å². The van der Waals surface area contributed by atoms with Crippen LogP contribution >= 0.6 is 0 Å². The zero-order valence-corrected chi connectivity index (χ0v) is 18.9. The lowest BCUT2D eigenvalue weighted by atomic mass is 9.91. The molecular weight excluding hydrogens is 388 g/mol. The van der Waals surface area contributed by atoms with Crippen molar-refractivity contribution in [3.8, 4) is 23.7 Å². The van der Waals surface area contributed by atoms with E-state index in [9.17, 15) is 5.11 Å². The standard InChI is InChI=1S/C27H36O4/c1-3-4-5-6-7-8-9-10-13-16-19-25(28)20-17-14-11-12-15-18-21-27-29-22-26(2,23-30-27)24-31-27/h4-5,10,12-15,17,25,28H,3,6-7,11,18,20-24H2,1-2H3/b5-4-,13-10-,15-12-,17-14-/t25-,26?,27?/m1/s1. The second-order valence-electron chi connectivity index (χ2n) is 8.19. The normalized spacial score (nSPS) is 26.4. The molecule has 31 heavy (non-hydrogen) atoms. The van der Waals surface area contributed by atoms with Crippen LogP contribution in [0.2, 0.25) is 0 Å². The number of ether oxygens (including phenoxy) is 3. The molecule has 0 aromatic rings. The van der Waals surface area contributed by atoms with Gasteiger partial charge in [-0.05, 0) is 37.8 Å². The average molecular weight is 425 g/mol. The zero-order valence-electron chi connectivity index (χ0n) is 18.9. The van der Waals surface area contributed by atoms with E-state index in [0.29, 0.717) is 32.7 Å². The van der Waals surface area contributed by atoms with Gasteiger partial charge in [-0.25, -0.2) is 0 Å². The number of aliphatic hydroxyl groups excluding tert-OH is 1. The van der Waals surface area contributed by atoms with Gasteiger partial charge in [0, 0.05) is 24.7 Å². The molecule has 4 heteroatoms. The number of fused-ring (bicyclic) bond motifs is 3. The molecule has 4 nitrogen and oxygen atoms in total. The zero-order chi connectivity index (χ0) is 22.3. The average Bonchev–Trinajstić information content (AvgIpc) is 2.78. The van der Waals surface area contributed by atoms with E-state index in [1.165, 1.54) is 0 Å². The number of aliphatic hydroxyl groups is 1. The molecule has 0 aliphatic carbocycles. The Kier molecular flexibility index (Phi) is 11.4. The van der Waals surface area contributed by atoms with Crippen molar-refractivity contribution in [2.75, 3.05) is 19.8 Å². The first-order valence-corrected chi connectivity index (χ1v) is 11.3. The topological polar surface area (TPSA) is 47.9 Å². The lowest BCUT2D eigenvalue weighted by molar-refractivity contribution is -0.467. The van der Waals surface area contributed by atoms with Crippen molar-refractivity contribution in [3.63, 3.8) is 0 Å². The maximum absolute atomic E-state index is 9.87. The minimum atomic E-state index is -0.841. The monoisotopic (exact) mass is 424 g/mol. The molecule has 3 aliphatic heterocycles. The highest BCUT2D eigenvalue weighted by molar-refractivity contribution is 5.26. The van der Waals surface area contributed by atoms with Gasteiger partial charge in [0.1, 0.15) is 6.10 Å². The fraction of sp³-hybridized carbons (Fsp3) is 0.556. The molecule has 1 atom stereocenters. The Morgan fingerprint density at radius 3 is 2.32 bits per heavy atom. The first-order chi connectivity index (χ1) is 15.1. The van der Waals surface area contributed by atoms with E-state index in [-0.39, 0.29) is 5.41 Å². The van der Waals surface area contributed by atoms with Crippen LogP contribution in [0.4, 0.5) is 0 Å². The van der Waals surface area contributed by atoms with Crippen LogP contribution in [0.5, 0.6) is 0 Å². The lowest BCUT2D eigenvalue weighted by Gasteiger charge is -2.50. The van der Waals surface area contributed by atoms with Crippen molar-refractivity contribution in [1.82, 2.24) is 0 Å². The van der Waals surface area contributed by atoms with Crippen LogP contribution in [0.15, 0.2) is 48.6 Å². The van der Waals surface area contributed by atoms with Gasteiger partial charge in [0.2, 0.25) is 0 Å². The van der Waals surface area contributed by atoms with Gasteiger partial charge < -0.3 is 19.3 Å². The molecule has 0 saturated carbocycles. The van der Waals surface area contributed by atoms with E-state index in [1.807, 2.05) is 12.2 Å². The van der Waals surface area contributed by atoms with Crippen LogP contribution in [0.25, 0.3) is 0 Å². The van der Waals surface area contributed by atoms with Crippen molar-refractivity contribution in [2.45, 2.75) is 70.9 Å².